The van der Waals surface area contributed by atoms with Crippen LogP contribution in [0.1, 0.15) is 35.3 Å². The Morgan fingerprint density at radius 2 is 1.84 bits per heavy atom. The Balaban J connectivity index is 1.66. The van der Waals surface area contributed by atoms with Gasteiger partial charge in [-0.05, 0) is 18.6 Å². The van der Waals surface area contributed by atoms with Crippen molar-refractivity contribution in [3.05, 3.63) is 65.5 Å². The molecule has 2 heterocycles. The van der Waals surface area contributed by atoms with Gasteiger partial charge in [-0.15, -0.1) is 0 Å². The Kier molecular flexibility index (Phi) is 7.79. The van der Waals surface area contributed by atoms with Crippen molar-refractivity contribution in [3.63, 3.8) is 0 Å². The number of amides is 2. The topological polar surface area (TPSA) is 89.8 Å². The molecule has 1 fully saturated rings. The van der Waals surface area contributed by atoms with E-state index in [9.17, 15) is 14.9 Å². The number of aryl methyl sites for hydroxylation is 1. The smallest absolute Gasteiger partial charge is 0.409 e. The number of nitriles is 1. The van der Waals surface area contributed by atoms with E-state index in [0.717, 1.165) is 16.8 Å². The van der Waals surface area contributed by atoms with E-state index in [4.69, 9.17) is 4.74 Å². The number of piperazine rings is 1. The van der Waals surface area contributed by atoms with E-state index in [-0.39, 0.29) is 18.4 Å². The van der Waals surface area contributed by atoms with Gasteiger partial charge in [-0.25, -0.2) is 4.79 Å². The van der Waals surface area contributed by atoms with E-state index in [1.807, 2.05) is 54.3 Å². The maximum Gasteiger partial charge on any atom is 0.409 e. The van der Waals surface area contributed by atoms with Gasteiger partial charge < -0.3 is 14.5 Å². The summed E-state index contributed by atoms with van der Waals surface area (Å²) in [5, 5.41) is 9.76. The summed E-state index contributed by atoms with van der Waals surface area (Å²) in [7, 11) is 2.97. The predicted octanol–water partition coefficient (Wildman–Crippen LogP) is 2.93. The number of pyridine rings is 1. The summed E-state index contributed by atoms with van der Waals surface area (Å²) in [4.78, 5) is 34.9. The molecule has 2 amide bonds. The van der Waals surface area contributed by atoms with Crippen molar-refractivity contribution in [2.75, 3.05) is 40.3 Å². The Hall–Kier alpha value is -3.44. The molecular formula is C24H29N5O3. The SMILES string of the molecule is COC(=O)N(C)C(CC(=O)N1CCN(C(C#N)c2cccnc2C)CC1)c1ccccc1. The maximum absolute atomic E-state index is 13.1. The molecule has 2 unspecified atom stereocenters. The molecule has 0 radical (unpaired) electrons. The van der Waals surface area contributed by atoms with Crippen molar-refractivity contribution in [2.45, 2.75) is 25.4 Å². The maximum atomic E-state index is 13.1. The van der Waals surface area contributed by atoms with Crippen LogP contribution in [0, 0.1) is 18.3 Å². The van der Waals surface area contributed by atoms with E-state index in [2.05, 4.69) is 16.0 Å². The number of nitrogens with zero attached hydrogens (tertiary/aromatic N) is 5. The lowest BCUT2D eigenvalue weighted by Crippen LogP contribution is -2.50. The summed E-state index contributed by atoms with van der Waals surface area (Å²) in [6, 6.07) is 14.8. The van der Waals surface area contributed by atoms with Crippen molar-refractivity contribution in [3.8, 4) is 6.07 Å². The van der Waals surface area contributed by atoms with Gasteiger partial charge in [0.2, 0.25) is 5.91 Å². The van der Waals surface area contributed by atoms with Crippen molar-refractivity contribution >= 4 is 12.0 Å². The lowest BCUT2D eigenvalue weighted by atomic mass is 10.0. The van der Waals surface area contributed by atoms with Crippen LogP contribution < -0.4 is 0 Å². The molecule has 1 aromatic heterocycles. The van der Waals surface area contributed by atoms with Gasteiger partial charge >= 0.3 is 6.09 Å². The second-order valence-electron chi connectivity index (χ2n) is 7.84. The molecule has 2 aromatic rings. The minimum Gasteiger partial charge on any atom is -0.453 e. The molecular weight excluding hydrogens is 406 g/mol. The van der Waals surface area contributed by atoms with Crippen LogP contribution in [0.4, 0.5) is 4.79 Å². The second kappa shape index (κ2) is 10.7. The van der Waals surface area contributed by atoms with Crippen LogP contribution in [0.3, 0.4) is 0 Å². The van der Waals surface area contributed by atoms with Crippen molar-refractivity contribution < 1.29 is 14.3 Å². The Labute approximate surface area is 189 Å². The van der Waals surface area contributed by atoms with Gasteiger partial charge in [0, 0.05) is 50.7 Å². The average Bonchev–Trinajstić information content (AvgIpc) is 2.84. The number of aromatic nitrogens is 1. The molecule has 1 aromatic carbocycles. The van der Waals surface area contributed by atoms with Crippen LogP contribution >= 0.6 is 0 Å². The van der Waals surface area contributed by atoms with E-state index in [1.165, 1.54) is 12.0 Å². The fraction of sp³-hybridized carbons (Fsp3) is 0.417. The summed E-state index contributed by atoms with van der Waals surface area (Å²) < 4.78 is 4.87. The lowest BCUT2D eigenvalue weighted by Gasteiger charge is -2.38. The zero-order valence-electron chi connectivity index (χ0n) is 18.8. The number of carbonyl (C=O) groups excluding carboxylic acids is 2. The Morgan fingerprint density at radius 1 is 1.16 bits per heavy atom. The number of methoxy groups -OCH3 is 1. The molecule has 0 saturated carbocycles. The largest absolute Gasteiger partial charge is 0.453 e. The summed E-state index contributed by atoms with van der Waals surface area (Å²) in [5.74, 6) is -0.0275. The van der Waals surface area contributed by atoms with E-state index >= 15 is 0 Å². The summed E-state index contributed by atoms with van der Waals surface area (Å²) >= 11 is 0. The van der Waals surface area contributed by atoms with Crippen LogP contribution in [-0.4, -0.2) is 72.0 Å². The van der Waals surface area contributed by atoms with Crippen molar-refractivity contribution in [2.24, 2.45) is 0 Å². The third-order valence-corrected chi connectivity index (χ3v) is 5.98. The summed E-state index contributed by atoms with van der Waals surface area (Å²) in [6.07, 6.45) is 1.40. The first-order valence-corrected chi connectivity index (χ1v) is 10.6. The fourth-order valence-electron chi connectivity index (χ4n) is 4.08. The van der Waals surface area contributed by atoms with Crippen LogP contribution in [0.25, 0.3) is 0 Å². The highest BCUT2D eigenvalue weighted by molar-refractivity contribution is 5.78. The lowest BCUT2D eigenvalue weighted by molar-refractivity contribution is -0.134. The monoisotopic (exact) mass is 435 g/mol. The molecule has 168 valence electrons. The van der Waals surface area contributed by atoms with Crippen molar-refractivity contribution in [1.29, 1.82) is 5.26 Å². The Morgan fingerprint density at radius 3 is 2.44 bits per heavy atom. The first-order valence-electron chi connectivity index (χ1n) is 10.6. The number of rotatable bonds is 6. The second-order valence-corrected chi connectivity index (χ2v) is 7.84. The van der Waals surface area contributed by atoms with Crippen molar-refractivity contribution in [1.82, 2.24) is 19.7 Å². The molecule has 32 heavy (non-hydrogen) atoms. The highest BCUT2D eigenvalue weighted by Gasteiger charge is 2.31. The van der Waals surface area contributed by atoms with Crippen LogP contribution in [-0.2, 0) is 9.53 Å². The molecule has 0 bridgehead atoms. The molecule has 1 saturated heterocycles. The van der Waals surface area contributed by atoms with Gasteiger partial charge in [-0.3, -0.25) is 14.7 Å². The zero-order valence-corrected chi connectivity index (χ0v) is 18.8. The molecule has 0 spiro atoms. The highest BCUT2D eigenvalue weighted by atomic mass is 16.5. The number of benzene rings is 1. The Bertz CT molecular complexity index is 967. The van der Waals surface area contributed by atoms with E-state index < -0.39 is 12.1 Å². The molecule has 1 aliphatic rings. The first kappa shape index (κ1) is 23.2. The van der Waals surface area contributed by atoms with E-state index in [1.54, 1.807) is 13.2 Å². The minimum absolute atomic E-state index is 0.0275. The van der Waals surface area contributed by atoms with Gasteiger partial charge in [0.25, 0.3) is 0 Å². The number of hydrogen-bond donors (Lipinski definition) is 0. The number of hydrogen-bond acceptors (Lipinski definition) is 6. The highest BCUT2D eigenvalue weighted by Crippen LogP contribution is 2.27. The standard InChI is InChI=1S/C24H29N5O3/c1-18-20(10-7-11-26-18)22(17-25)28-12-14-29(15-13-28)23(30)16-21(27(2)24(31)32-3)19-8-5-4-6-9-19/h4-11,21-22H,12-16H2,1-3H3. The quantitative estimate of drug-likeness (QED) is 0.693. The summed E-state index contributed by atoms with van der Waals surface area (Å²) in [5.41, 5.74) is 2.62. The molecule has 1 aliphatic heterocycles. The van der Waals surface area contributed by atoms with E-state index in [0.29, 0.717) is 26.2 Å². The van der Waals surface area contributed by atoms with Gasteiger partial charge in [0.1, 0.15) is 6.04 Å². The zero-order chi connectivity index (χ0) is 23.1. The van der Waals surface area contributed by atoms with Gasteiger partial charge in [-0.1, -0.05) is 36.4 Å². The van der Waals surface area contributed by atoms with Crippen LogP contribution in [0.2, 0.25) is 0 Å². The van der Waals surface area contributed by atoms with Gasteiger partial charge in [-0.2, -0.15) is 5.26 Å². The minimum atomic E-state index is -0.486. The summed E-state index contributed by atoms with van der Waals surface area (Å²) in [6.45, 7) is 4.16. The third-order valence-electron chi connectivity index (χ3n) is 5.98. The third kappa shape index (κ3) is 5.24. The average molecular weight is 436 g/mol. The molecule has 0 aliphatic carbocycles. The molecule has 2 atom stereocenters. The normalized spacial score (nSPS) is 16.0. The molecule has 8 nitrogen and oxygen atoms in total. The number of ether oxygens (including phenoxy) is 1. The van der Waals surface area contributed by atoms with Gasteiger partial charge in [0.05, 0.1) is 25.6 Å². The van der Waals surface area contributed by atoms with Crippen LogP contribution in [0.5, 0.6) is 0 Å². The van der Waals surface area contributed by atoms with Crippen LogP contribution in [0.15, 0.2) is 48.7 Å². The fourth-order valence-corrected chi connectivity index (χ4v) is 4.08. The molecule has 3 rings (SSSR count). The molecule has 8 heteroatoms. The molecule has 0 N–H and O–H groups in total. The first-order chi connectivity index (χ1) is 15.5. The number of carbonyl (C=O) groups is 2. The predicted molar refractivity (Wildman–Crippen MR) is 119 cm³/mol. The van der Waals surface area contributed by atoms with Gasteiger partial charge in [0.15, 0.2) is 0 Å².